The van der Waals surface area contributed by atoms with Crippen LogP contribution in [0.25, 0.3) is 0 Å². The van der Waals surface area contributed by atoms with Crippen LogP contribution < -0.4 is 5.32 Å². The zero-order chi connectivity index (χ0) is 9.97. The van der Waals surface area contributed by atoms with E-state index in [1.807, 2.05) is 11.9 Å². The SMILES string of the molecule is CNCC1CCN1C(=O)C1CCCO1. The first-order valence-electron chi connectivity index (χ1n) is 5.39. The van der Waals surface area contributed by atoms with Gasteiger partial charge in [0.25, 0.3) is 5.91 Å². The van der Waals surface area contributed by atoms with Crippen molar-refractivity contribution >= 4 is 5.91 Å². The van der Waals surface area contributed by atoms with Crippen LogP contribution in [0.4, 0.5) is 0 Å². The van der Waals surface area contributed by atoms with Crippen molar-refractivity contribution in [2.75, 3.05) is 26.7 Å². The monoisotopic (exact) mass is 198 g/mol. The van der Waals surface area contributed by atoms with E-state index >= 15 is 0 Å². The van der Waals surface area contributed by atoms with E-state index in [1.54, 1.807) is 0 Å². The number of carbonyl (C=O) groups excluding carboxylic acids is 1. The lowest BCUT2D eigenvalue weighted by Crippen LogP contribution is -2.57. The maximum atomic E-state index is 11.9. The molecule has 0 aromatic carbocycles. The molecule has 2 saturated heterocycles. The largest absolute Gasteiger partial charge is 0.368 e. The first-order valence-corrected chi connectivity index (χ1v) is 5.39. The summed E-state index contributed by atoms with van der Waals surface area (Å²) in [5.74, 6) is 0.203. The van der Waals surface area contributed by atoms with Crippen LogP contribution in [0.15, 0.2) is 0 Å². The molecular weight excluding hydrogens is 180 g/mol. The van der Waals surface area contributed by atoms with Crippen molar-refractivity contribution in [3.63, 3.8) is 0 Å². The molecule has 0 aromatic heterocycles. The molecule has 14 heavy (non-hydrogen) atoms. The Balaban J connectivity index is 1.85. The molecule has 1 amide bonds. The summed E-state index contributed by atoms with van der Waals surface area (Å²) >= 11 is 0. The molecule has 2 atom stereocenters. The highest BCUT2D eigenvalue weighted by Gasteiger charge is 2.36. The van der Waals surface area contributed by atoms with E-state index in [0.29, 0.717) is 6.04 Å². The number of carbonyl (C=O) groups is 1. The molecule has 0 radical (unpaired) electrons. The van der Waals surface area contributed by atoms with Gasteiger partial charge in [-0.2, -0.15) is 0 Å². The number of nitrogens with one attached hydrogen (secondary N) is 1. The van der Waals surface area contributed by atoms with E-state index in [4.69, 9.17) is 4.74 Å². The van der Waals surface area contributed by atoms with Crippen LogP contribution in [-0.2, 0) is 9.53 Å². The number of hydrogen-bond acceptors (Lipinski definition) is 3. The highest BCUT2D eigenvalue weighted by atomic mass is 16.5. The molecule has 4 heteroatoms. The molecule has 2 aliphatic rings. The van der Waals surface area contributed by atoms with Crippen LogP contribution >= 0.6 is 0 Å². The molecule has 4 nitrogen and oxygen atoms in total. The van der Waals surface area contributed by atoms with E-state index in [2.05, 4.69) is 5.32 Å². The lowest BCUT2D eigenvalue weighted by Gasteiger charge is -2.42. The van der Waals surface area contributed by atoms with Gasteiger partial charge in [-0.1, -0.05) is 0 Å². The quantitative estimate of drug-likeness (QED) is 0.693. The van der Waals surface area contributed by atoms with Crippen molar-refractivity contribution in [1.82, 2.24) is 10.2 Å². The molecule has 0 aromatic rings. The standard InChI is InChI=1S/C10H18N2O2/c1-11-7-8-4-5-12(8)10(13)9-3-2-6-14-9/h8-9,11H,2-7H2,1H3. The Morgan fingerprint density at radius 3 is 2.93 bits per heavy atom. The molecule has 2 rings (SSSR count). The third-order valence-electron chi connectivity index (χ3n) is 3.07. The topological polar surface area (TPSA) is 41.6 Å². The van der Waals surface area contributed by atoms with E-state index in [0.717, 1.165) is 39.0 Å². The van der Waals surface area contributed by atoms with Gasteiger partial charge >= 0.3 is 0 Å². The summed E-state index contributed by atoms with van der Waals surface area (Å²) in [6.07, 6.45) is 2.91. The van der Waals surface area contributed by atoms with Gasteiger partial charge in [0.15, 0.2) is 0 Å². The van der Waals surface area contributed by atoms with Crippen molar-refractivity contribution < 1.29 is 9.53 Å². The summed E-state index contributed by atoms with van der Waals surface area (Å²) in [5.41, 5.74) is 0. The summed E-state index contributed by atoms with van der Waals surface area (Å²) in [7, 11) is 1.92. The number of likely N-dealkylation sites (tertiary alicyclic amines) is 1. The van der Waals surface area contributed by atoms with Gasteiger partial charge in [0.05, 0.1) is 0 Å². The Hall–Kier alpha value is -0.610. The molecule has 0 spiro atoms. The Morgan fingerprint density at radius 2 is 2.43 bits per heavy atom. The predicted octanol–water partition coefficient (Wildman–Crippen LogP) is -0.0143. The van der Waals surface area contributed by atoms with Crippen LogP contribution in [0.3, 0.4) is 0 Å². The summed E-state index contributed by atoms with van der Waals surface area (Å²) in [6.45, 7) is 2.56. The fourth-order valence-electron chi connectivity index (χ4n) is 2.14. The minimum absolute atomic E-state index is 0.144. The summed E-state index contributed by atoms with van der Waals surface area (Å²) in [5, 5.41) is 3.11. The summed E-state index contributed by atoms with van der Waals surface area (Å²) in [4.78, 5) is 13.8. The Labute approximate surface area is 84.6 Å². The van der Waals surface area contributed by atoms with Crippen LogP contribution in [0.2, 0.25) is 0 Å². The van der Waals surface area contributed by atoms with Gasteiger partial charge < -0.3 is 15.0 Å². The lowest BCUT2D eigenvalue weighted by molar-refractivity contribution is -0.148. The van der Waals surface area contributed by atoms with Crippen LogP contribution in [0, 0.1) is 0 Å². The van der Waals surface area contributed by atoms with Gasteiger partial charge in [-0.3, -0.25) is 4.79 Å². The van der Waals surface area contributed by atoms with Gasteiger partial charge in [-0.05, 0) is 26.3 Å². The molecule has 2 heterocycles. The summed E-state index contributed by atoms with van der Waals surface area (Å²) < 4.78 is 5.39. The molecule has 0 bridgehead atoms. The van der Waals surface area contributed by atoms with E-state index in [1.165, 1.54) is 0 Å². The number of amides is 1. The number of hydrogen-bond donors (Lipinski definition) is 1. The van der Waals surface area contributed by atoms with Crippen molar-refractivity contribution in [3.05, 3.63) is 0 Å². The minimum atomic E-state index is -0.144. The third-order valence-corrected chi connectivity index (χ3v) is 3.07. The van der Waals surface area contributed by atoms with Gasteiger partial charge in [0, 0.05) is 25.7 Å². The zero-order valence-corrected chi connectivity index (χ0v) is 8.66. The first-order chi connectivity index (χ1) is 6.83. The molecule has 0 saturated carbocycles. The average molecular weight is 198 g/mol. The highest BCUT2D eigenvalue weighted by molar-refractivity contribution is 5.82. The molecule has 2 unspecified atom stereocenters. The Bertz CT molecular complexity index is 214. The maximum absolute atomic E-state index is 11.9. The molecule has 2 aliphatic heterocycles. The second-order valence-corrected chi connectivity index (χ2v) is 4.03. The normalized spacial score (nSPS) is 31.6. The second kappa shape index (κ2) is 4.28. The maximum Gasteiger partial charge on any atom is 0.251 e. The lowest BCUT2D eigenvalue weighted by atomic mass is 10.0. The van der Waals surface area contributed by atoms with E-state index in [9.17, 15) is 4.79 Å². The van der Waals surface area contributed by atoms with Crippen LogP contribution in [-0.4, -0.2) is 49.7 Å². The number of rotatable bonds is 3. The predicted molar refractivity (Wildman–Crippen MR) is 53.0 cm³/mol. The number of nitrogens with zero attached hydrogens (tertiary/aromatic N) is 1. The Morgan fingerprint density at radius 1 is 1.57 bits per heavy atom. The molecule has 2 fully saturated rings. The average Bonchev–Trinajstić information content (AvgIpc) is 2.65. The van der Waals surface area contributed by atoms with Crippen LogP contribution in [0.5, 0.6) is 0 Å². The molecule has 1 N–H and O–H groups in total. The van der Waals surface area contributed by atoms with Gasteiger partial charge in [-0.15, -0.1) is 0 Å². The Kier molecular flexibility index (Phi) is 3.03. The molecule has 80 valence electrons. The van der Waals surface area contributed by atoms with Gasteiger partial charge in [0.2, 0.25) is 0 Å². The van der Waals surface area contributed by atoms with Crippen molar-refractivity contribution in [3.8, 4) is 0 Å². The third kappa shape index (κ3) is 1.77. The smallest absolute Gasteiger partial charge is 0.251 e. The highest BCUT2D eigenvalue weighted by Crippen LogP contribution is 2.22. The fraction of sp³-hybridized carbons (Fsp3) is 0.900. The van der Waals surface area contributed by atoms with Crippen LogP contribution in [0.1, 0.15) is 19.3 Å². The van der Waals surface area contributed by atoms with Gasteiger partial charge in [-0.25, -0.2) is 0 Å². The van der Waals surface area contributed by atoms with E-state index < -0.39 is 0 Å². The van der Waals surface area contributed by atoms with Crippen molar-refractivity contribution in [2.24, 2.45) is 0 Å². The number of likely N-dealkylation sites (N-methyl/N-ethyl adjacent to an activating group) is 1. The molecule has 0 aliphatic carbocycles. The fourth-order valence-corrected chi connectivity index (χ4v) is 2.14. The van der Waals surface area contributed by atoms with Crippen molar-refractivity contribution in [1.29, 1.82) is 0 Å². The summed E-state index contributed by atoms with van der Waals surface area (Å²) in [6, 6.07) is 0.400. The second-order valence-electron chi connectivity index (χ2n) is 4.03. The van der Waals surface area contributed by atoms with Gasteiger partial charge in [0.1, 0.15) is 6.10 Å². The van der Waals surface area contributed by atoms with Crippen molar-refractivity contribution in [2.45, 2.75) is 31.4 Å². The number of ether oxygens (including phenoxy) is 1. The minimum Gasteiger partial charge on any atom is -0.368 e. The van der Waals surface area contributed by atoms with E-state index in [-0.39, 0.29) is 12.0 Å². The first kappa shape index (κ1) is 9.93. The molecular formula is C10H18N2O2. The zero-order valence-electron chi connectivity index (χ0n) is 8.66.